The molecule has 0 spiro atoms. The van der Waals surface area contributed by atoms with E-state index in [4.69, 9.17) is 14.9 Å². The largest absolute Gasteiger partial charge is 0.417 e. The monoisotopic (exact) mass is 277 g/mol. The minimum atomic E-state index is -0.451. The number of ether oxygens (including phenoxy) is 1. The van der Waals surface area contributed by atoms with Gasteiger partial charge in [0.2, 0.25) is 0 Å². The highest BCUT2D eigenvalue weighted by Crippen LogP contribution is 2.31. The number of piperidine rings is 1. The number of H-pyrrole nitrogens is 1. The fourth-order valence-electron chi connectivity index (χ4n) is 2.93. The van der Waals surface area contributed by atoms with Crippen LogP contribution in [0.3, 0.4) is 0 Å². The first-order chi connectivity index (χ1) is 9.67. The Morgan fingerprint density at radius 1 is 1.55 bits per heavy atom. The molecule has 1 aliphatic heterocycles. The Labute approximate surface area is 116 Å². The molecule has 3 N–H and O–H groups in total. The Balaban J connectivity index is 1.92. The SMILES string of the molecule is COCC1CCCN(c2cc3[nH]c(=O)oc3cc2N)C1. The molecule has 6 nitrogen and oxygen atoms in total. The Morgan fingerprint density at radius 2 is 2.40 bits per heavy atom. The van der Waals surface area contributed by atoms with Crippen molar-refractivity contribution in [2.24, 2.45) is 5.92 Å². The number of nitrogens with two attached hydrogens (primary N) is 1. The zero-order valence-corrected chi connectivity index (χ0v) is 11.5. The predicted octanol–water partition coefficient (Wildman–Crippen LogP) is 1.57. The van der Waals surface area contributed by atoms with Crippen LogP contribution >= 0.6 is 0 Å². The third-order valence-electron chi connectivity index (χ3n) is 3.83. The molecule has 0 bridgehead atoms. The van der Waals surface area contributed by atoms with Crippen LogP contribution in [0.1, 0.15) is 12.8 Å². The first-order valence-corrected chi connectivity index (χ1v) is 6.83. The van der Waals surface area contributed by atoms with Crippen LogP contribution in [-0.4, -0.2) is 31.8 Å². The molecule has 1 aromatic carbocycles. The molecule has 1 aliphatic rings. The van der Waals surface area contributed by atoms with E-state index in [9.17, 15) is 4.79 Å². The summed E-state index contributed by atoms with van der Waals surface area (Å²) < 4.78 is 10.3. The van der Waals surface area contributed by atoms with Crippen molar-refractivity contribution in [2.45, 2.75) is 12.8 Å². The van der Waals surface area contributed by atoms with Crippen molar-refractivity contribution in [2.75, 3.05) is 37.4 Å². The molecule has 1 atom stereocenters. The fraction of sp³-hybridized carbons (Fsp3) is 0.500. The predicted molar refractivity (Wildman–Crippen MR) is 78.1 cm³/mol. The van der Waals surface area contributed by atoms with E-state index in [1.54, 1.807) is 13.2 Å². The highest BCUT2D eigenvalue weighted by molar-refractivity contribution is 5.85. The summed E-state index contributed by atoms with van der Waals surface area (Å²) in [6.07, 6.45) is 2.29. The van der Waals surface area contributed by atoms with E-state index in [0.717, 1.165) is 31.8 Å². The molecule has 1 aromatic heterocycles. The number of anilines is 2. The minimum absolute atomic E-state index is 0.451. The van der Waals surface area contributed by atoms with Crippen molar-refractivity contribution in [3.8, 4) is 0 Å². The van der Waals surface area contributed by atoms with Crippen LogP contribution in [0.15, 0.2) is 21.3 Å². The van der Waals surface area contributed by atoms with Crippen molar-refractivity contribution in [1.82, 2.24) is 4.98 Å². The molecule has 0 aliphatic carbocycles. The maximum absolute atomic E-state index is 11.2. The van der Waals surface area contributed by atoms with Gasteiger partial charge in [0.05, 0.1) is 23.5 Å². The molecule has 6 heteroatoms. The molecular formula is C14H19N3O3. The lowest BCUT2D eigenvalue weighted by molar-refractivity contribution is 0.143. The second-order valence-electron chi connectivity index (χ2n) is 5.33. The molecule has 2 heterocycles. The number of benzene rings is 1. The zero-order chi connectivity index (χ0) is 14.1. The van der Waals surface area contributed by atoms with Gasteiger partial charge in [0.15, 0.2) is 5.58 Å². The standard InChI is InChI=1S/C14H19N3O3/c1-19-8-9-3-2-4-17(7-9)12-6-11-13(5-10(12)15)20-14(18)16-11/h5-6,9H,2-4,7-8,15H2,1H3,(H,16,18). The smallest absolute Gasteiger partial charge is 0.408 e. The molecule has 0 radical (unpaired) electrons. The normalized spacial score (nSPS) is 19.6. The minimum Gasteiger partial charge on any atom is -0.408 e. The van der Waals surface area contributed by atoms with E-state index in [2.05, 4.69) is 9.88 Å². The van der Waals surface area contributed by atoms with Crippen molar-refractivity contribution >= 4 is 22.5 Å². The maximum atomic E-state index is 11.2. The molecule has 1 saturated heterocycles. The van der Waals surface area contributed by atoms with E-state index in [0.29, 0.717) is 22.7 Å². The van der Waals surface area contributed by atoms with Gasteiger partial charge in [0.25, 0.3) is 0 Å². The molecular weight excluding hydrogens is 258 g/mol. The van der Waals surface area contributed by atoms with Crippen molar-refractivity contribution < 1.29 is 9.15 Å². The lowest BCUT2D eigenvalue weighted by atomic mass is 9.98. The molecule has 3 rings (SSSR count). The van der Waals surface area contributed by atoms with Gasteiger partial charge in [-0.25, -0.2) is 4.79 Å². The lowest BCUT2D eigenvalue weighted by Gasteiger charge is -2.34. The van der Waals surface area contributed by atoms with Gasteiger partial charge in [0.1, 0.15) is 0 Å². The molecule has 1 unspecified atom stereocenters. The van der Waals surface area contributed by atoms with Gasteiger partial charge < -0.3 is 19.8 Å². The molecule has 20 heavy (non-hydrogen) atoms. The van der Waals surface area contributed by atoms with E-state index in [1.165, 1.54) is 6.42 Å². The Kier molecular flexibility index (Phi) is 3.40. The summed E-state index contributed by atoms with van der Waals surface area (Å²) in [4.78, 5) is 16.2. The second kappa shape index (κ2) is 5.20. The number of aromatic nitrogens is 1. The fourth-order valence-corrected chi connectivity index (χ4v) is 2.93. The number of fused-ring (bicyclic) bond motifs is 1. The van der Waals surface area contributed by atoms with E-state index in [-0.39, 0.29) is 0 Å². The highest BCUT2D eigenvalue weighted by atomic mass is 16.5. The summed E-state index contributed by atoms with van der Waals surface area (Å²) in [5.74, 6) is 0.0692. The Morgan fingerprint density at radius 3 is 3.20 bits per heavy atom. The quantitative estimate of drug-likeness (QED) is 0.832. The van der Waals surface area contributed by atoms with Crippen LogP contribution in [0.25, 0.3) is 11.1 Å². The maximum Gasteiger partial charge on any atom is 0.417 e. The van der Waals surface area contributed by atoms with Gasteiger partial charge in [-0.2, -0.15) is 0 Å². The Bertz CT molecular complexity index is 659. The number of methoxy groups -OCH3 is 1. The zero-order valence-electron chi connectivity index (χ0n) is 11.5. The number of nitrogens with one attached hydrogen (secondary N) is 1. The second-order valence-corrected chi connectivity index (χ2v) is 5.33. The summed E-state index contributed by atoms with van der Waals surface area (Å²) in [5, 5.41) is 0. The first-order valence-electron chi connectivity index (χ1n) is 6.83. The van der Waals surface area contributed by atoms with Crippen LogP contribution in [0.5, 0.6) is 0 Å². The van der Waals surface area contributed by atoms with Crippen LogP contribution < -0.4 is 16.4 Å². The highest BCUT2D eigenvalue weighted by Gasteiger charge is 2.22. The van der Waals surface area contributed by atoms with Crippen molar-refractivity contribution in [3.05, 3.63) is 22.7 Å². The third-order valence-corrected chi connectivity index (χ3v) is 3.83. The number of aromatic amines is 1. The Hall–Kier alpha value is -1.95. The molecule has 0 saturated carbocycles. The average molecular weight is 277 g/mol. The first kappa shape index (κ1) is 13.1. The lowest BCUT2D eigenvalue weighted by Crippen LogP contribution is -2.37. The van der Waals surface area contributed by atoms with Gasteiger partial charge in [-0.15, -0.1) is 0 Å². The van der Waals surface area contributed by atoms with Crippen molar-refractivity contribution in [3.63, 3.8) is 0 Å². The van der Waals surface area contributed by atoms with E-state index in [1.807, 2.05) is 6.07 Å². The summed E-state index contributed by atoms with van der Waals surface area (Å²) in [7, 11) is 1.73. The topological polar surface area (TPSA) is 84.5 Å². The summed E-state index contributed by atoms with van der Waals surface area (Å²) in [5.41, 5.74) is 8.88. The number of hydrogen-bond donors (Lipinski definition) is 2. The molecule has 2 aromatic rings. The van der Waals surface area contributed by atoms with Gasteiger partial charge in [-0.05, 0) is 24.8 Å². The number of nitrogens with zero attached hydrogens (tertiary/aromatic N) is 1. The van der Waals surface area contributed by atoms with Gasteiger partial charge in [-0.1, -0.05) is 0 Å². The van der Waals surface area contributed by atoms with E-state index >= 15 is 0 Å². The third kappa shape index (κ3) is 2.38. The van der Waals surface area contributed by atoms with Gasteiger partial charge in [-0.3, -0.25) is 4.98 Å². The summed E-state index contributed by atoms with van der Waals surface area (Å²) in [6, 6.07) is 3.60. The van der Waals surface area contributed by atoms with Crippen LogP contribution in [0.4, 0.5) is 11.4 Å². The molecule has 1 fully saturated rings. The number of hydrogen-bond acceptors (Lipinski definition) is 5. The number of nitrogen functional groups attached to an aromatic ring is 1. The molecule has 108 valence electrons. The van der Waals surface area contributed by atoms with Crippen molar-refractivity contribution in [1.29, 1.82) is 0 Å². The summed E-state index contributed by atoms with van der Waals surface area (Å²) in [6.45, 7) is 2.66. The summed E-state index contributed by atoms with van der Waals surface area (Å²) >= 11 is 0. The van der Waals surface area contributed by atoms with Crippen LogP contribution in [-0.2, 0) is 4.74 Å². The van der Waals surface area contributed by atoms with Crippen LogP contribution in [0, 0.1) is 5.92 Å². The van der Waals surface area contributed by atoms with Crippen LogP contribution in [0.2, 0.25) is 0 Å². The number of oxazole rings is 1. The van der Waals surface area contributed by atoms with Gasteiger partial charge >= 0.3 is 5.76 Å². The van der Waals surface area contributed by atoms with E-state index < -0.39 is 5.76 Å². The average Bonchev–Trinajstić information content (AvgIpc) is 2.77. The van der Waals surface area contributed by atoms with Gasteiger partial charge in [0, 0.05) is 26.3 Å². The molecule has 0 amide bonds. The number of rotatable bonds is 3.